The summed E-state index contributed by atoms with van der Waals surface area (Å²) in [5, 5.41) is 0. The largest absolute Gasteiger partial charge is 0.494 e. The van der Waals surface area contributed by atoms with E-state index in [0.717, 1.165) is 34.1 Å². The number of hydrogen-bond donors (Lipinski definition) is 0. The van der Waals surface area contributed by atoms with Crippen LogP contribution in [0.2, 0.25) is 0 Å². The second kappa shape index (κ2) is 6.10. The van der Waals surface area contributed by atoms with Crippen LogP contribution in [-0.2, 0) is 0 Å². The summed E-state index contributed by atoms with van der Waals surface area (Å²) in [6.45, 7) is 3.21. The molecule has 2 aromatic rings. The minimum absolute atomic E-state index is 0.125. The molecule has 0 spiro atoms. The lowest BCUT2D eigenvalue weighted by Crippen LogP contribution is -2.39. The van der Waals surface area contributed by atoms with Gasteiger partial charge in [0.25, 0.3) is 5.92 Å². The first-order valence-corrected chi connectivity index (χ1v) is 8.51. The Bertz CT molecular complexity index is 825. The summed E-state index contributed by atoms with van der Waals surface area (Å²) in [7, 11) is 0. The quantitative estimate of drug-likeness (QED) is 0.713. The fourth-order valence-electron chi connectivity index (χ4n) is 3.21. The van der Waals surface area contributed by atoms with E-state index in [0.29, 0.717) is 19.7 Å². The minimum atomic E-state index is -2.55. The molecule has 0 unspecified atom stereocenters. The smallest absolute Gasteiger partial charge is 0.251 e. The molecule has 130 valence electrons. The molecule has 25 heavy (non-hydrogen) atoms. The van der Waals surface area contributed by atoms with E-state index in [4.69, 9.17) is 4.74 Å². The molecular formula is C19H19F2N3O. The molecule has 0 bridgehead atoms. The van der Waals surface area contributed by atoms with Gasteiger partial charge in [0.1, 0.15) is 11.6 Å². The Morgan fingerprint density at radius 2 is 1.96 bits per heavy atom. The van der Waals surface area contributed by atoms with Crippen molar-refractivity contribution in [1.29, 1.82) is 0 Å². The number of anilines is 1. The van der Waals surface area contributed by atoms with Crippen molar-refractivity contribution in [3.63, 3.8) is 0 Å². The highest BCUT2D eigenvalue weighted by Gasteiger charge is 2.34. The summed E-state index contributed by atoms with van der Waals surface area (Å²) in [5.41, 5.74) is 3.83. The maximum atomic E-state index is 13.4. The van der Waals surface area contributed by atoms with Crippen LogP contribution >= 0.6 is 0 Å². The van der Waals surface area contributed by atoms with Crippen LogP contribution < -0.4 is 9.64 Å². The number of alkyl halides is 2. The summed E-state index contributed by atoms with van der Waals surface area (Å²) < 4.78 is 32.3. The Kier molecular flexibility index (Phi) is 3.90. The summed E-state index contributed by atoms with van der Waals surface area (Å²) in [6, 6.07) is 9.67. The van der Waals surface area contributed by atoms with Gasteiger partial charge in [-0.2, -0.15) is 0 Å². The number of piperidine rings is 1. The molecule has 0 aliphatic carbocycles. The average molecular weight is 343 g/mol. The molecule has 0 amide bonds. The van der Waals surface area contributed by atoms with Crippen LogP contribution in [-0.4, -0.2) is 36.3 Å². The number of aliphatic imine (C=N–C) groups is 1. The van der Waals surface area contributed by atoms with Gasteiger partial charge < -0.3 is 9.64 Å². The Morgan fingerprint density at radius 1 is 1.16 bits per heavy atom. The van der Waals surface area contributed by atoms with Gasteiger partial charge in [0.05, 0.1) is 18.0 Å². The van der Waals surface area contributed by atoms with Crippen molar-refractivity contribution < 1.29 is 13.5 Å². The van der Waals surface area contributed by atoms with Crippen LogP contribution in [0.25, 0.3) is 0 Å². The van der Waals surface area contributed by atoms with E-state index in [-0.39, 0.29) is 12.8 Å². The van der Waals surface area contributed by atoms with Gasteiger partial charge in [-0.1, -0.05) is 0 Å². The Morgan fingerprint density at radius 3 is 2.72 bits per heavy atom. The first kappa shape index (κ1) is 16.0. The second-order valence-corrected chi connectivity index (χ2v) is 6.32. The van der Waals surface area contributed by atoms with Crippen LogP contribution in [0.15, 0.2) is 41.5 Å². The normalized spacial score (nSPS) is 18.2. The van der Waals surface area contributed by atoms with Crippen LogP contribution in [0.1, 0.15) is 30.9 Å². The molecule has 0 radical (unpaired) electrons. The lowest BCUT2D eigenvalue weighted by atomic mass is 9.96. The van der Waals surface area contributed by atoms with Gasteiger partial charge in [-0.3, -0.25) is 0 Å². The molecule has 6 heteroatoms. The fourth-order valence-corrected chi connectivity index (χ4v) is 3.21. The summed E-state index contributed by atoms with van der Waals surface area (Å²) in [5.74, 6) is -1.01. The van der Waals surface area contributed by atoms with Crippen molar-refractivity contribution in [3.05, 3.63) is 47.7 Å². The number of halogens is 2. The molecule has 4 nitrogen and oxygen atoms in total. The Balaban J connectivity index is 1.56. The van der Waals surface area contributed by atoms with E-state index >= 15 is 0 Å². The van der Waals surface area contributed by atoms with E-state index in [1.807, 2.05) is 42.2 Å². The molecule has 0 N–H and O–H groups in total. The lowest BCUT2D eigenvalue weighted by molar-refractivity contribution is -0.0221. The van der Waals surface area contributed by atoms with Crippen molar-refractivity contribution in [2.45, 2.75) is 25.7 Å². The molecule has 2 aliphatic rings. The summed E-state index contributed by atoms with van der Waals surface area (Å²) in [6.07, 6.45) is 1.46. The van der Waals surface area contributed by atoms with Gasteiger partial charge in [0, 0.05) is 43.3 Å². The lowest BCUT2D eigenvalue weighted by Gasteiger charge is -2.32. The zero-order chi connectivity index (χ0) is 17.4. The van der Waals surface area contributed by atoms with Gasteiger partial charge >= 0.3 is 0 Å². The van der Waals surface area contributed by atoms with Gasteiger partial charge in [-0.05, 0) is 37.3 Å². The monoisotopic (exact) mass is 343 g/mol. The molecule has 3 heterocycles. The van der Waals surface area contributed by atoms with E-state index in [2.05, 4.69) is 9.98 Å². The van der Waals surface area contributed by atoms with Crippen LogP contribution in [0, 0.1) is 0 Å². The Hall–Kier alpha value is -2.50. The Labute approximate surface area is 145 Å². The minimum Gasteiger partial charge on any atom is -0.494 e. The molecule has 1 saturated heterocycles. The molecule has 1 aromatic carbocycles. The van der Waals surface area contributed by atoms with Gasteiger partial charge in [-0.25, -0.2) is 18.8 Å². The number of aromatic nitrogens is 1. The van der Waals surface area contributed by atoms with E-state index in [1.54, 1.807) is 6.20 Å². The van der Waals surface area contributed by atoms with Crippen molar-refractivity contribution in [1.82, 2.24) is 4.98 Å². The molecule has 4 rings (SSSR count). The zero-order valence-corrected chi connectivity index (χ0v) is 14.0. The number of nitrogens with zero attached hydrogens (tertiary/aromatic N) is 3. The molecular weight excluding hydrogens is 324 g/mol. The number of rotatable bonds is 4. The predicted octanol–water partition coefficient (Wildman–Crippen LogP) is 4.20. The van der Waals surface area contributed by atoms with Crippen LogP contribution in [0.3, 0.4) is 0 Å². The van der Waals surface area contributed by atoms with Crippen molar-refractivity contribution in [2.75, 3.05) is 24.6 Å². The highest BCUT2D eigenvalue weighted by atomic mass is 19.3. The number of ether oxygens (including phenoxy) is 1. The first-order chi connectivity index (χ1) is 12.1. The SMILES string of the molecule is CCOc1ccc2c(c1)C(c1ccnc(N3CCC(F)(F)CC3)c1)=N2. The van der Waals surface area contributed by atoms with E-state index < -0.39 is 5.92 Å². The molecule has 2 aliphatic heterocycles. The molecule has 0 saturated carbocycles. The summed E-state index contributed by atoms with van der Waals surface area (Å²) >= 11 is 0. The summed E-state index contributed by atoms with van der Waals surface area (Å²) in [4.78, 5) is 10.8. The van der Waals surface area contributed by atoms with Gasteiger partial charge in [0.2, 0.25) is 0 Å². The van der Waals surface area contributed by atoms with Crippen molar-refractivity contribution in [2.24, 2.45) is 4.99 Å². The average Bonchev–Trinajstić information content (AvgIpc) is 2.58. The third kappa shape index (κ3) is 3.08. The number of fused-ring (bicyclic) bond motifs is 1. The van der Waals surface area contributed by atoms with E-state index in [9.17, 15) is 8.78 Å². The van der Waals surface area contributed by atoms with Gasteiger partial charge in [0.15, 0.2) is 0 Å². The third-order valence-electron chi connectivity index (χ3n) is 4.60. The molecule has 1 fully saturated rings. The maximum Gasteiger partial charge on any atom is 0.251 e. The topological polar surface area (TPSA) is 37.7 Å². The van der Waals surface area contributed by atoms with Crippen LogP contribution in [0.4, 0.5) is 20.3 Å². The van der Waals surface area contributed by atoms with Gasteiger partial charge in [-0.15, -0.1) is 0 Å². The predicted molar refractivity (Wildman–Crippen MR) is 93.5 cm³/mol. The van der Waals surface area contributed by atoms with Crippen molar-refractivity contribution >= 4 is 17.2 Å². The number of pyridine rings is 1. The first-order valence-electron chi connectivity index (χ1n) is 8.51. The standard InChI is InChI=1S/C19H19F2N3O/c1-2-25-14-3-4-16-15(12-14)18(23-16)13-5-8-22-17(11-13)24-9-6-19(20,21)7-10-24/h3-5,8,11-12H,2,6-7,9-10H2,1H3. The highest BCUT2D eigenvalue weighted by molar-refractivity contribution is 6.22. The number of benzene rings is 1. The number of hydrogen-bond acceptors (Lipinski definition) is 4. The second-order valence-electron chi connectivity index (χ2n) is 6.32. The maximum absolute atomic E-state index is 13.4. The van der Waals surface area contributed by atoms with E-state index in [1.165, 1.54) is 0 Å². The third-order valence-corrected chi connectivity index (χ3v) is 4.60. The van der Waals surface area contributed by atoms with Crippen LogP contribution in [0.5, 0.6) is 5.75 Å². The molecule has 0 atom stereocenters. The fraction of sp³-hybridized carbons (Fsp3) is 0.368. The zero-order valence-electron chi connectivity index (χ0n) is 14.0. The van der Waals surface area contributed by atoms with Crippen molar-refractivity contribution in [3.8, 4) is 5.75 Å². The molecule has 1 aromatic heterocycles. The highest BCUT2D eigenvalue weighted by Crippen LogP contribution is 2.36.